The standard InChI is InChI=1S/C12H15N/c1-4-10-5-7-11(8-6-10)12(2,3)9-13/h1,5-8H,9,13H2,2-3H3. The lowest BCUT2D eigenvalue weighted by atomic mass is 9.84. The van der Waals surface area contributed by atoms with E-state index < -0.39 is 0 Å². The lowest BCUT2D eigenvalue weighted by molar-refractivity contribution is 0.539. The first-order valence-corrected chi connectivity index (χ1v) is 4.37. The molecule has 1 aromatic carbocycles. The monoisotopic (exact) mass is 173 g/mol. The van der Waals surface area contributed by atoms with Crippen molar-refractivity contribution in [3.8, 4) is 12.3 Å². The van der Waals surface area contributed by atoms with Crippen LogP contribution in [0.5, 0.6) is 0 Å². The van der Waals surface area contributed by atoms with Gasteiger partial charge in [0.05, 0.1) is 0 Å². The van der Waals surface area contributed by atoms with E-state index in [1.807, 2.05) is 24.3 Å². The molecule has 0 bridgehead atoms. The van der Waals surface area contributed by atoms with Gasteiger partial charge in [-0.2, -0.15) is 0 Å². The van der Waals surface area contributed by atoms with E-state index in [1.165, 1.54) is 5.56 Å². The summed E-state index contributed by atoms with van der Waals surface area (Å²) in [5.74, 6) is 2.59. The van der Waals surface area contributed by atoms with E-state index in [4.69, 9.17) is 12.2 Å². The first-order chi connectivity index (χ1) is 6.10. The van der Waals surface area contributed by atoms with Gasteiger partial charge >= 0.3 is 0 Å². The van der Waals surface area contributed by atoms with Crippen molar-refractivity contribution in [2.75, 3.05) is 6.54 Å². The molecular weight excluding hydrogens is 158 g/mol. The first kappa shape index (κ1) is 9.83. The third-order valence-electron chi connectivity index (χ3n) is 2.34. The van der Waals surface area contributed by atoms with E-state index in [-0.39, 0.29) is 5.41 Å². The van der Waals surface area contributed by atoms with Gasteiger partial charge in [-0.15, -0.1) is 6.42 Å². The fourth-order valence-electron chi connectivity index (χ4n) is 1.14. The third-order valence-corrected chi connectivity index (χ3v) is 2.34. The summed E-state index contributed by atoms with van der Waals surface area (Å²) in [6.45, 7) is 4.89. The average Bonchev–Trinajstić information content (AvgIpc) is 2.18. The summed E-state index contributed by atoms with van der Waals surface area (Å²) >= 11 is 0. The molecule has 0 radical (unpaired) electrons. The molecule has 1 heteroatoms. The fraction of sp³-hybridized carbons (Fsp3) is 0.333. The highest BCUT2D eigenvalue weighted by Crippen LogP contribution is 2.21. The quantitative estimate of drug-likeness (QED) is 0.679. The molecule has 0 aliphatic heterocycles. The second-order valence-electron chi connectivity index (χ2n) is 3.81. The molecule has 0 saturated carbocycles. The molecule has 68 valence electrons. The number of hydrogen-bond donors (Lipinski definition) is 1. The molecule has 0 atom stereocenters. The van der Waals surface area contributed by atoms with Crippen LogP contribution < -0.4 is 5.73 Å². The first-order valence-electron chi connectivity index (χ1n) is 4.37. The van der Waals surface area contributed by atoms with Crippen LogP contribution in [0.2, 0.25) is 0 Å². The van der Waals surface area contributed by atoms with E-state index >= 15 is 0 Å². The molecule has 0 spiro atoms. The van der Waals surface area contributed by atoms with Gasteiger partial charge in [-0.05, 0) is 17.7 Å². The fourth-order valence-corrected chi connectivity index (χ4v) is 1.14. The van der Waals surface area contributed by atoms with Gasteiger partial charge < -0.3 is 5.73 Å². The highest BCUT2D eigenvalue weighted by atomic mass is 14.6. The van der Waals surface area contributed by atoms with Crippen LogP contribution in [0.25, 0.3) is 0 Å². The maximum Gasteiger partial charge on any atom is 0.0242 e. The second-order valence-corrected chi connectivity index (χ2v) is 3.81. The van der Waals surface area contributed by atoms with E-state index in [0.717, 1.165) is 5.56 Å². The lowest BCUT2D eigenvalue weighted by Gasteiger charge is -2.22. The minimum Gasteiger partial charge on any atom is -0.330 e. The predicted octanol–water partition coefficient (Wildman–Crippen LogP) is 1.90. The Kier molecular flexibility index (Phi) is 2.75. The lowest BCUT2D eigenvalue weighted by Crippen LogP contribution is -2.27. The van der Waals surface area contributed by atoms with Gasteiger partial charge in [0.15, 0.2) is 0 Å². The predicted molar refractivity (Wildman–Crippen MR) is 56.5 cm³/mol. The minimum absolute atomic E-state index is 0.0348. The maximum atomic E-state index is 5.67. The summed E-state index contributed by atoms with van der Waals surface area (Å²) < 4.78 is 0. The van der Waals surface area contributed by atoms with Gasteiger partial charge in [0.25, 0.3) is 0 Å². The number of rotatable bonds is 2. The normalized spacial score (nSPS) is 10.9. The number of benzene rings is 1. The van der Waals surface area contributed by atoms with Crippen molar-refractivity contribution in [3.63, 3.8) is 0 Å². The summed E-state index contributed by atoms with van der Waals surface area (Å²) in [7, 11) is 0. The molecule has 0 saturated heterocycles. The summed E-state index contributed by atoms with van der Waals surface area (Å²) in [6, 6.07) is 7.99. The van der Waals surface area contributed by atoms with Crippen LogP contribution in [0.1, 0.15) is 25.0 Å². The van der Waals surface area contributed by atoms with Crippen LogP contribution in [0.15, 0.2) is 24.3 Å². The van der Waals surface area contributed by atoms with Crippen LogP contribution in [0, 0.1) is 12.3 Å². The molecule has 1 nitrogen and oxygen atoms in total. The Hall–Kier alpha value is -1.26. The van der Waals surface area contributed by atoms with Crippen LogP contribution in [-0.4, -0.2) is 6.54 Å². The largest absolute Gasteiger partial charge is 0.330 e. The zero-order chi connectivity index (χ0) is 9.90. The summed E-state index contributed by atoms with van der Waals surface area (Å²) in [5, 5.41) is 0. The summed E-state index contributed by atoms with van der Waals surface area (Å²) in [4.78, 5) is 0. The Morgan fingerprint density at radius 1 is 1.31 bits per heavy atom. The minimum atomic E-state index is 0.0348. The molecular formula is C12H15N. The molecule has 0 unspecified atom stereocenters. The molecule has 0 aromatic heterocycles. The highest BCUT2D eigenvalue weighted by Gasteiger charge is 2.17. The molecule has 1 aromatic rings. The number of nitrogens with two attached hydrogens (primary N) is 1. The van der Waals surface area contributed by atoms with Crippen LogP contribution in [0.4, 0.5) is 0 Å². The zero-order valence-corrected chi connectivity index (χ0v) is 8.17. The average molecular weight is 173 g/mol. The maximum absolute atomic E-state index is 5.67. The van der Waals surface area contributed by atoms with Crippen LogP contribution >= 0.6 is 0 Å². The van der Waals surface area contributed by atoms with Gasteiger partial charge in [-0.1, -0.05) is 31.9 Å². The Morgan fingerprint density at radius 2 is 1.85 bits per heavy atom. The van der Waals surface area contributed by atoms with Crippen LogP contribution in [-0.2, 0) is 5.41 Å². The van der Waals surface area contributed by atoms with Gasteiger partial charge in [0.1, 0.15) is 0 Å². The van der Waals surface area contributed by atoms with Gasteiger partial charge in [0, 0.05) is 17.5 Å². The van der Waals surface area contributed by atoms with E-state index in [9.17, 15) is 0 Å². The molecule has 1 rings (SSSR count). The third kappa shape index (κ3) is 2.11. The molecule has 0 fully saturated rings. The zero-order valence-electron chi connectivity index (χ0n) is 8.17. The highest BCUT2D eigenvalue weighted by molar-refractivity contribution is 5.36. The van der Waals surface area contributed by atoms with Crippen LogP contribution in [0.3, 0.4) is 0 Å². The Balaban J connectivity index is 3.00. The van der Waals surface area contributed by atoms with E-state index in [0.29, 0.717) is 6.54 Å². The Morgan fingerprint density at radius 3 is 2.23 bits per heavy atom. The van der Waals surface area contributed by atoms with Gasteiger partial charge in [-0.3, -0.25) is 0 Å². The van der Waals surface area contributed by atoms with Crippen molar-refractivity contribution < 1.29 is 0 Å². The van der Waals surface area contributed by atoms with Crippen molar-refractivity contribution in [1.29, 1.82) is 0 Å². The van der Waals surface area contributed by atoms with E-state index in [2.05, 4.69) is 19.8 Å². The van der Waals surface area contributed by atoms with Crippen molar-refractivity contribution >= 4 is 0 Å². The molecule has 0 aliphatic rings. The Bertz CT molecular complexity index is 314. The van der Waals surface area contributed by atoms with E-state index in [1.54, 1.807) is 0 Å². The van der Waals surface area contributed by atoms with Gasteiger partial charge in [-0.25, -0.2) is 0 Å². The van der Waals surface area contributed by atoms with Crippen molar-refractivity contribution in [3.05, 3.63) is 35.4 Å². The molecule has 2 N–H and O–H groups in total. The number of hydrogen-bond acceptors (Lipinski definition) is 1. The second kappa shape index (κ2) is 3.64. The summed E-state index contributed by atoms with van der Waals surface area (Å²) in [5.41, 5.74) is 7.85. The molecule has 0 heterocycles. The molecule has 13 heavy (non-hydrogen) atoms. The molecule has 0 amide bonds. The molecule has 0 aliphatic carbocycles. The summed E-state index contributed by atoms with van der Waals surface area (Å²) in [6.07, 6.45) is 5.27. The van der Waals surface area contributed by atoms with Crippen molar-refractivity contribution in [2.24, 2.45) is 5.73 Å². The Labute approximate surface area is 80.0 Å². The smallest absolute Gasteiger partial charge is 0.0242 e. The number of terminal acetylenes is 1. The van der Waals surface area contributed by atoms with Crippen molar-refractivity contribution in [2.45, 2.75) is 19.3 Å². The topological polar surface area (TPSA) is 26.0 Å². The SMILES string of the molecule is C#Cc1ccc(C(C)(C)CN)cc1. The van der Waals surface area contributed by atoms with Gasteiger partial charge in [0.2, 0.25) is 0 Å². The van der Waals surface area contributed by atoms with Crippen molar-refractivity contribution in [1.82, 2.24) is 0 Å².